The molecule has 0 spiro atoms. The second kappa shape index (κ2) is 3.74. The standard InChI is InChI=1S/C12H15NS/c1-3-9-4-5-10-11(7-13)8(2)14-12(10)6-9/h9H,3-6H2,1-2H3. The van der Waals surface area contributed by atoms with Crippen LogP contribution in [0.1, 0.15) is 40.6 Å². The third-order valence-electron chi connectivity index (χ3n) is 3.23. The lowest BCUT2D eigenvalue weighted by molar-refractivity contribution is 0.450. The molecular weight excluding hydrogens is 190 g/mol. The van der Waals surface area contributed by atoms with Gasteiger partial charge in [-0.3, -0.25) is 0 Å². The Bertz CT molecular complexity index is 384. The van der Waals surface area contributed by atoms with Gasteiger partial charge >= 0.3 is 0 Å². The number of rotatable bonds is 1. The summed E-state index contributed by atoms with van der Waals surface area (Å²) in [6.45, 7) is 4.34. The summed E-state index contributed by atoms with van der Waals surface area (Å²) in [5.74, 6) is 0.854. The SMILES string of the molecule is CCC1CCc2c(sc(C)c2C#N)C1. The summed E-state index contributed by atoms with van der Waals surface area (Å²) in [5, 5.41) is 9.04. The molecule has 1 aromatic rings. The molecule has 0 aliphatic heterocycles. The lowest BCUT2D eigenvalue weighted by Gasteiger charge is -2.20. The van der Waals surface area contributed by atoms with E-state index in [9.17, 15) is 0 Å². The molecule has 1 aliphatic carbocycles. The molecule has 0 bridgehead atoms. The van der Waals surface area contributed by atoms with E-state index in [1.165, 1.54) is 34.6 Å². The maximum absolute atomic E-state index is 9.04. The number of fused-ring (bicyclic) bond motifs is 1. The Balaban J connectivity index is 2.37. The van der Waals surface area contributed by atoms with E-state index in [1.807, 2.05) is 11.3 Å². The van der Waals surface area contributed by atoms with Crippen LogP contribution in [0.2, 0.25) is 0 Å². The van der Waals surface area contributed by atoms with Gasteiger partial charge < -0.3 is 0 Å². The van der Waals surface area contributed by atoms with Crippen LogP contribution >= 0.6 is 11.3 Å². The van der Waals surface area contributed by atoms with Gasteiger partial charge in [0.1, 0.15) is 6.07 Å². The highest BCUT2D eigenvalue weighted by molar-refractivity contribution is 7.12. The molecule has 74 valence electrons. The molecule has 0 saturated heterocycles. The molecule has 0 aromatic carbocycles. The van der Waals surface area contributed by atoms with Gasteiger partial charge in [0.05, 0.1) is 5.56 Å². The fourth-order valence-electron chi connectivity index (χ4n) is 2.29. The van der Waals surface area contributed by atoms with Crippen LogP contribution in [0.3, 0.4) is 0 Å². The summed E-state index contributed by atoms with van der Waals surface area (Å²) in [6.07, 6.45) is 4.88. The number of nitriles is 1. The summed E-state index contributed by atoms with van der Waals surface area (Å²) in [5.41, 5.74) is 2.33. The van der Waals surface area contributed by atoms with E-state index in [-0.39, 0.29) is 0 Å². The quantitative estimate of drug-likeness (QED) is 0.689. The predicted octanol–water partition coefficient (Wildman–Crippen LogP) is 3.44. The molecular formula is C12H15NS. The average molecular weight is 205 g/mol. The van der Waals surface area contributed by atoms with Gasteiger partial charge in [-0.15, -0.1) is 11.3 Å². The summed E-state index contributed by atoms with van der Waals surface area (Å²) >= 11 is 1.84. The molecule has 1 atom stereocenters. The van der Waals surface area contributed by atoms with Crippen molar-refractivity contribution in [2.45, 2.75) is 39.5 Å². The van der Waals surface area contributed by atoms with Gasteiger partial charge in [0.25, 0.3) is 0 Å². The molecule has 1 unspecified atom stereocenters. The van der Waals surface area contributed by atoms with Crippen LogP contribution in [0, 0.1) is 24.2 Å². The van der Waals surface area contributed by atoms with Crippen LogP contribution in [-0.4, -0.2) is 0 Å². The maximum Gasteiger partial charge on any atom is 0.101 e. The van der Waals surface area contributed by atoms with Gasteiger partial charge in [0.15, 0.2) is 0 Å². The van der Waals surface area contributed by atoms with Crippen LogP contribution in [0.15, 0.2) is 0 Å². The fraction of sp³-hybridized carbons (Fsp3) is 0.583. The van der Waals surface area contributed by atoms with Crippen molar-refractivity contribution < 1.29 is 0 Å². The minimum atomic E-state index is 0.854. The van der Waals surface area contributed by atoms with E-state index >= 15 is 0 Å². The largest absolute Gasteiger partial charge is 0.192 e. The molecule has 14 heavy (non-hydrogen) atoms. The van der Waals surface area contributed by atoms with Crippen LogP contribution in [0.4, 0.5) is 0 Å². The molecule has 1 aromatic heterocycles. The van der Waals surface area contributed by atoms with Crippen LogP contribution in [-0.2, 0) is 12.8 Å². The highest BCUT2D eigenvalue weighted by atomic mass is 32.1. The fourth-order valence-corrected chi connectivity index (χ4v) is 3.57. The van der Waals surface area contributed by atoms with Gasteiger partial charge in [0, 0.05) is 9.75 Å². The lowest BCUT2D eigenvalue weighted by atomic mass is 9.86. The normalized spacial score (nSPS) is 20.2. The summed E-state index contributed by atoms with van der Waals surface area (Å²) in [7, 11) is 0. The van der Waals surface area contributed by atoms with Crippen LogP contribution in [0.25, 0.3) is 0 Å². The first-order chi connectivity index (χ1) is 6.76. The first-order valence-electron chi connectivity index (χ1n) is 5.27. The van der Waals surface area contributed by atoms with E-state index in [2.05, 4.69) is 19.9 Å². The highest BCUT2D eigenvalue weighted by Gasteiger charge is 2.23. The zero-order chi connectivity index (χ0) is 10.1. The van der Waals surface area contributed by atoms with E-state index in [0.717, 1.165) is 17.9 Å². The predicted molar refractivity (Wildman–Crippen MR) is 59.6 cm³/mol. The zero-order valence-corrected chi connectivity index (χ0v) is 9.58. The van der Waals surface area contributed by atoms with Crippen molar-refractivity contribution in [3.63, 3.8) is 0 Å². The smallest absolute Gasteiger partial charge is 0.101 e. The lowest BCUT2D eigenvalue weighted by Crippen LogP contribution is -2.11. The van der Waals surface area contributed by atoms with Crippen LogP contribution < -0.4 is 0 Å². The summed E-state index contributed by atoms with van der Waals surface area (Å²) in [4.78, 5) is 2.70. The minimum Gasteiger partial charge on any atom is -0.192 e. The Kier molecular flexibility index (Phi) is 2.60. The Morgan fingerprint density at radius 2 is 2.36 bits per heavy atom. The molecule has 2 heteroatoms. The highest BCUT2D eigenvalue weighted by Crippen LogP contribution is 2.36. The summed E-state index contributed by atoms with van der Waals surface area (Å²) < 4.78 is 0. The Hall–Kier alpha value is -0.810. The van der Waals surface area contributed by atoms with Crippen molar-refractivity contribution in [1.82, 2.24) is 0 Å². The van der Waals surface area contributed by atoms with Gasteiger partial charge in [-0.25, -0.2) is 0 Å². The molecule has 2 rings (SSSR count). The van der Waals surface area contributed by atoms with Crippen molar-refractivity contribution in [1.29, 1.82) is 5.26 Å². The van der Waals surface area contributed by atoms with E-state index in [4.69, 9.17) is 5.26 Å². The zero-order valence-electron chi connectivity index (χ0n) is 8.76. The van der Waals surface area contributed by atoms with Crippen molar-refractivity contribution in [3.8, 4) is 6.07 Å². The van der Waals surface area contributed by atoms with E-state index in [0.29, 0.717) is 0 Å². The van der Waals surface area contributed by atoms with Crippen molar-refractivity contribution >= 4 is 11.3 Å². The van der Waals surface area contributed by atoms with Crippen molar-refractivity contribution in [3.05, 3.63) is 20.9 Å². The number of hydrogen-bond acceptors (Lipinski definition) is 2. The second-order valence-electron chi connectivity index (χ2n) is 4.06. The molecule has 0 radical (unpaired) electrons. The number of nitrogens with zero attached hydrogens (tertiary/aromatic N) is 1. The van der Waals surface area contributed by atoms with Crippen LogP contribution in [0.5, 0.6) is 0 Å². The molecule has 1 nitrogen and oxygen atoms in total. The molecule has 0 fully saturated rings. The van der Waals surface area contributed by atoms with E-state index < -0.39 is 0 Å². The third-order valence-corrected chi connectivity index (χ3v) is 4.40. The van der Waals surface area contributed by atoms with Crippen molar-refractivity contribution in [2.75, 3.05) is 0 Å². The van der Waals surface area contributed by atoms with Gasteiger partial charge in [0.2, 0.25) is 0 Å². The van der Waals surface area contributed by atoms with Gasteiger partial charge in [-0.05, 0) is 37.7 Å². The number of hydrogen-bond donors (Lipinski definition) is 0. The third kappa shape index (κ3) is 1.46. The average Bonchev–Trinajstić information content (AvgIpc) is 2.51. The number of thiophene rings is 1. The Morgan fingerprint density at radius 3 is 3.00 bits per heavy atom. The molecule has 0 amide bonds. The minimum absolute atomic E-state index is 0.854. The Labute approximate surface area is 89.4 Å². The van der Waals surface area contributed by atoms with Gasteiger partial charge in [-0.2, -0.15) is 5.26 Å². The first kappa shape index (κ1) is 9.73. The molecule has 0 saturated carbocycles. The molecule has 1 heterocycles. The maximum atomic E-state index is 9.04. The Morgan fingerprint density at radius 1 is 1.57 bits per heavy atom. The second-order valence-corrected chi connectivity index (χ2v) is 5.37. The van der Waals surface area contributed by atoms with Gasteiger partial charge in [-0.1, -0.05) is 13.3 Å². The van der Waals surface area contributed by atoms with Crippen molar-refractivity contribution in [2.24, 2.45) is 5.92 Å². The topological polar surface area (TPSA) is 23.8 Å². The summed E-state index contributed by atoms with van der Waals surface area (Å²) in [6, 6.07) is 2.35. The molecule has 0 N–H and O–H groups in total. The monoisotopic (exact) mass is 205 g/mol. The molecule has 1 aliphatic rings. The van der Waals surface area contributed by atoms with E-state index in [1.54, 1.807) is 0 Å². The number of aryl methyl sites for hydroxylation is 1. The first-order valence-corrected chi connectivity index (χ1v) is 6.09.